The van der Waals surface area contributed by atoms with Crippen LogP contribution < -0.4 is 4.74 Å². The fraction of sp³-hybridized carbons (Fsp3) is 0.312. The van der Waals surface area contributed by atoms with Gasteiger partial charge in [-0.2, -0.15) is 0 Å². The molecule has 0 unspecified atom stereocenters. The van der Waals surface area contributed by atoms with E-state index in [4.69, 9.17) is 14.7 Å². The second kappa shape index (κ2) is 8.63. The highest BCUT2D eigenvalue weighted by molar-refractivity contribution is 5.78. The maximum atomic E-state index is 13.8. The Kier molecular flexibility index (Phi) is 5.31. The molecule has 1 fully saturated rings. The Labute approximate surface area is 222 Å². The number of phenols is 1. The van der Waals surface area contributed by atoms with Crippen LogP contribution in [0.2, 0.25) is 0 Å². The molecule has 4 aromatic rings. The number of rotatable bonds is 3. The second-order valence-corrected chi connectivity index (χ2v) is 11.0. The lowest BCUT2D eigenvalue weighted by atomic mass is 9.52. The monoisotopic (exact) mass is 507 g/mol. The van der Waals surface area contributed by atoms with E-state index in [1.54, 1.807) is 19.2 Å². The van der Waals surface area contributed by atoms with Crippen molar-refractivity contribution in [2.75, 3.05) is 20.7 Å². The van der Waals surface area contributed by atoms with E-state index in [2.05, 4.69) is 18.0 Å². The highest BCUT2D eigenvalue weighted by Gasteiger charge is 2.56. The van der Waals surface area contributed by atoms with Crippen LogP contribution in [0.3, 0.4) is 0 Å². The summed E-state index contributed by atoms with van der Waals surface area (Å²) in [4.78, 5) is 13.0. The smallest absolute Gasteiger partial charge is 0.161 e. The Morgan fingerprint density at radius 2 is 1.63 bits per heavy atom. The van der Waals surface area contributed by atoms with Gasteiger partial charge in [-0.1, -0.05) is 36.4 Å². The van der Waals surface area contributed by atoms with Crippen molar-refractivity contribution >= 4 is 0 Å². The summed E-state index contributed by atoms with van der Waals surface area (Å²) in [7, 11) is 3.83. The molecule has 1 saturated heterocycles. The Morgan fingerprint density at radius 1 is 0.921 bits per heavy atom. The van der Waals surface area contributed by atoms with Gasteiger partial charge in [0.2, 0.25) is 0 Å². The van der Waals surface area contributed by atoms with E-state index in [-0.39, 0.29) is 17.0 Å². The van der Waals surface area contributed by atoms with Gasteiger partial charge in [-0.15, -0.1) is 0 Å². The van der Waals surface area contributed by atoms with Crippen molar-refractivity contribution in [3.8, 4) is 34.0 Å². The van der Waals surface area contributed by atoms with Crippen LogP contribution in [0, 0.1) is 11.7 Å². The number of benzene rings is 3. The lowest BCUT2D eigenvalue weighted by Crippen LogP contribution is -2.61. The number of hydrogen-bond acceptors (Lipinski definition) is 5. The van der Waals surface area contributed by atoms with E-state index >= 15 is 0 Å². The highest BCUT2D eigenvalue weighted by atomic mass is 19.1. The lowest BCUT2D eigenvalue weighted by Gasteiger charge is -2.58. The third-order valence-corrected chi connectivity index (χ3v) is 9.14. The average molecular weight is 508 g/mol. The number of phenolic OH excluding ortho intramolecular Hbond substituents is 1. The zero-order valence-electron chi connectivity index (χ0n) is 21.6. The Balaban J connectivity index is 1.44. The molecule has 7 rings (SSSR count). The SMILES string of the molecule is COc1ccc2c(c1O)[C@@]13CCN(C)[C@@H](C2)[C@H]1Cc1nc(-c2ccc(F)cc2)c(-c2ccccc2)nc1C3. The van der Waals surface area contributed by atoms with Gasteiger partial charge >= 0.3 is 0 Å². The number of fused-ring (bicyclic) bond motifs is 2. The molecule has 1 aliphatic heterocycles. The van der Waals surface area contributed by atoms with Crippen LogP contribution in [0.1, 0.15) is 28.9 Å². The fourth-order valence-electron chi connectivity index (χ4n) is 7.30. The molecule has 6 heteroatoms. The van der Waals surface area contributed by atoms with Crippen molar-refractivity contribution in [3.63, 3.8) is 0 Å². The number of nitrogens with zero attached hydrogens (tertiary/aromatic N) is 3. The molecule has 2 bridgehead atoms. The minimum Gasteiger partial charge on any atom is -0.504 e. The van der Waals surface area contributed by atoms with Crippen molar-refractivity contribution in [2.24, 2.45) is 5.92 Å². The number of aromatic hydroxyl groups is 1. The van der Waals surface area contributed by atoms with Crippen molar-refractivity contribution in [1.82, 2.24) is 14.9 Å². The lowest BCUT2D eigenvalue weighted by molar-refractivity contribution is 0.0210. The zero-order chi connectivity index (χ0) is 26.0. The third kappa shape index (κ3) is 3.39. The second-order valence-electron chi connectivity index (χ2n) is 11.0. The summed E-state index contributed by atoms with van der Waals surface area (Å²) in [6.07, 6.45) is 3.35. The number of methoxy groups -OCH3 is 1. The van der Waals surface area contributed by atoms with Gasteiger partial charge in [0.1, 0.15) is 5.82 Å². The molecule has 1 aromatic heterocycles. The average Bonchev–Trinajstić information content (AvgIpc) is 2.94. The third-order valence-electron chi connectivity index (χ3n) is 9.14. The van der Waals surface area contributed by atoms with Gasteiger partial charge in [0.25, 0.3) is 0 Å². The van der Waals surface area contributed by atoms with Gasteiger partial charge in [-0.3, -0.25) is 0 Å². The normalized spacial score (nSPS) is 23.8. The van der Waals surface area contributed by atoms with Crippen molar-refractivity contribution in [2.45, 2.75) is 37.1 Å². The first kappa shape index (κ1) is 23.4. The summed E-state index contributed by atoms with van der Waals surface area (Å²) in [5, 5.41) is 11.4. The molecule has 3 aliphatic rings. The minimum absolute atomic E-state index is 0.226. The van der Waals surface area contributed by atoms with Crippen molar-refractivity contribution in [1.29, 1.82) is 0 Å². The molecule has 192 valence electrons. The maximum Gasteiger partial charge on any atom is 0.161 e. The largest absolute Gasteiger partial charge is 0.504 e. The van der Waals surface area contributed by atoms with Gasteiger partial charge in [-0.05, 0) is 74.7 Å². The first-order chi connectivity index (χ1) is 18.5. The summed E-state index contributed by atoms with van der Waals surface area (Å²) in [5.74, 6) is 0.843. The van der Waals surface area contributed by atoms with Crippen LogP contribution in [0.5, 0.6) is 11.5 Å². The number of halogens is 1. The maximum absolute atomic E-state index is 13.8. The van der Waals surface area contributed by atoms with Crippen LogP contribution in [-0.2, 0) is 24.7 Å². The molecule has 38 heavy (non-hydrogen) atoms. The Morgan fingerprint density at radius 3 is 2.37 bits per heavy atom. The minimum atomic E-state index is -0.269. The summed E-state index contributed by atoms with van der Waals surface area (Å²) in [5.41, 5.74) is 7.45. The standard InChI is InChI=1S/C32H30FN3O2/c1-36-15-14-32-18-25-24(17-23(32)26(36)16-21-10-13-27(38-2)31(37)28(21)32)34-30(20-8-11-22(33)12-9-20)29(35-25)19-6-4-3-5-7-19/h3-13,23,26,37H,14-18H2,1-2H3/t23-,26+,32-/m1/s1. The summed E-state index contributed by atoms with van der Waals surface area (Å²) >= 11 is 0. The molecule has 0 spiro atoms. The van der Waals surface area contributed by atoms with Gasteiger partial charge in [0.05, 0.1) is 29.9 Å². The van der Waals surface area contributed by atoms with Crippen LogP contribution in [0.25, 0.3) is 22.5 Å². The topological polar surface area (TPSA) is 58.5 Å². The molecule has 0 saturated carbocycles. The van der Waals surface area contributed by atoms with Crippen molar-refractivity contribution < 1.29 is 14.2 Å². The van der Waals surface area contributed by atoms with Crippen molar-refractivity contribution in [3.05, 3.63) is 95.1 Å². The summed E-state index contributed by atoms with van der Waals surface area (Å²) in [6, 6.07) is 21.0. The predicted molar refractivity (Wildman–Crippen MR) is 145 cm³/mol. The molecule has 2 aliphatic carbocycles. The first-order valence-corrected chi connectivity index (χ1v) is 13.3. The number of piperidine rings is 1. The molecule has 1 N–H and O–H groups in total. The highest BCUT2D eigenvalue weighted by Crippen LogP contribution is 2.57. The van der Waals surface area contributed by atoms with Gasteiger partial charge in [0.15, 0.2) is 11.5 Å². The molecule has 3 atom stereocenters. The molecule has 3 aromatic carbocycles. The van der Waals surface area contributed by atoms with Crippen LogP contribution in [-0.4, -0.2) is 46.7 Å². The summed E-state index contributed by atoms with van der Waals surface area (Å²) < 4.78 is 19.3. The molecular formula is C32H30FN3O2. The van der Waals surface area contributed by atoms with Gasteiger partial charge < -0.3 is 14.7 Å². The number of aromatic nitrogens is 2. The number of hydrogen-bond donors (Lipinski definition) is 1. The zero-order valence-corrected chi connectivity index (χ0v) is 21.6. The van der Waals surface area contributed by atoms with E-state index in [9.17, 15) is 9.50 Å². The number of likely N-dealkylation sites (tertiary alicyclic amines) is 1. The van der Waals surface area contributed by atoms with Crippen LogP contribution in [0.4, 0.5) is 4.39 Å². The van der Waals surface area contributed by atoms with E-state index in [0.29, 0.717) is 17.7 Å². The molecule has 2 heterocycles. The van der Waals surface area contributed by atoms with E-state index in [0.717, 1.165) is 71.7 Å². The Hall–Kier alpha value is -3.77. The van der Waals surface area contributed by atoms with E-state index in [1.807, 2.05) is 36.4 Å². The number of likely N-dealkylation sites (N-methyl/N-ethyl adjacent to an activating group) is 1. The van der Waals surface area contributed by atoms with E-state index in [1.165, 1.54) is 17.7 Å². The predicted octanol–water partition coefficient (Wildman–Crippen LogP) is 5.58. The summed E-state index contributed by atoms with van der Waals surface area (Å²) in [6.45, 7) is 0.971. The Bertz CT molecular complexity index is 1540. The first-order valence-electron chi connectivity index (χ1n) is 13.3. The molecule has 0 radical (unpaired) electrons. The van der Waals surface area contributed by atoms with Gasteiger partial charge in [-0.25, -0.2) is 14.4 Å². The quantitative estimate of drug-likeness (QED) is 0.393. The molecule has 5 nitrogen and oxygen atoms in total. The van der Waals surface area contributed by atoms with E-state index < -0.39 is 0 Å². The fourth-order valence-corrected chi connectivity index (χ4v) is 7.30. The van der Waals surface area contributed by atoms with Crippen LogP contribution in [0.15, 0.2) is 66.7 Å². The van der Waals surface area contributed by atoms with Crippen LogP contribution >= 0.6 is 0 Å². The number of ether oxygens (including phenoxy) is 1. The molecule has 0 amide bonds. The van der Waals surface area contributed by atoms with Gasteiger partial charge in [0, 0.05) is 34.6 Å². The molecular weight excluding hydrogens is 477 g/mol.